The van der Waals surface area contributed by atoms with Gasteiger partial charge < -0.3 is 15.2 Å². The minimum Gasteiger partial charge on any atom is -0.496 e. The third-order valence-electron chi connectivity index (χ3n) is 5.30. The van der Waals surface area contributed by atoms with Crippen LogP contribution in [0.4, 0.5) is 0 Å². The highest BCUT2D eigenvalue weighted by Gasteiger charge is 2.55. The summed E-state index contributed by atoms with van der Waals surface area (Å²) in [6.45, 7) is 4.66. The van der Waals surface area contributed by atoms with E-state index in [1.54, 1.807) is 7.11 Å². The van der Waals surface area contributed by atoms with Crippen molar-refractivity contribution in [3.63, 3.8) is 0 Å². The van der Waals surface area contributed by atoms with Gasteiger partial charge in [-0.3, -0.25) is 0 Å². The first kappa shape index (κ1) is 13.9. The van der Waals surface area contributed by atoms with Crippen LogP contribution in [0.25, 0.3) is 0 Å². The molecule has 0 unspecified atom stereocenters. The van der Waals surface area contributed by atoms with Gasteiger partial charge in [0.05, 0.1) is 7.11 Å². The number of rotatable bonds is 3. The summed E-state index contributed by atoms with van der Waals surface area (Å²) in [7, 11) is 1.75. The van der Waals surface area contributed by atoms with Crippen LogP contribution in [0.15, 0.2) is 18.2 Å². The lowest BCUT2D eigenvalue weighted by atomic mass is 9.48. The van der Waals surface area contributed by atoms with Crippen LogP contribution in [0.5, 0.6) is 5.75 Å². The second-order valence-corrected chi connectivity index (χ2v) is 6.65. The lowest BCUT2D eigenvalue weighted by molar-refractivity contribution is -0.0719. The Kier molecular flexibility index (Phi) is 3.51. The Balaban J connectivity index is 1.90. The predicted octanol–water partition coefficient (Wildman–Crippen LogP) is 2.79. The molecule has 2 N–H and O–H groups in total. The zero-order valence-corrected chi connectivity index (χ0v) is 12.6. The summed E-state index contributed by atoms with van der Waals surface area (Å²) in [5, 5.41) is 0. The fourth-order valence-electron chi connectivity index (χ4n) is 4.22. The Labute approximate surface area is 121 Å². The molecule has 2 fully saturated rings. The fraction of sp³-hybridized carbons (Fsp3) is 0.647. The smallest absolute Gasteiger partial charge is 0.122 e. The van der Waals surface area contributed by atoms with E-state index in [1.807, 2.05) is 0 Å². The highest BCUT2D eigenvalue weighted by Crippen LogP contribution is 2.61. The fourth-order valence-corrected chi connectivity index (χ4v) is 4.22. The number of nitrogens with two attached hydrogens (primary N) is 1. The van der Waals surface area contributed by atoms with Crippen molar-refractivity contribution in [2.24, 2.45) is 11.1 Å². The second-order valence-electron chi connectivity index (χ2n) is 6.65. The standard InChI is InChI=1S/C17H25NO2/c1-13-3-4-15(19-2)14(9-13)17(12-18)10-16(11-17)5-7-20-8-6-16/h3-4,9H,5-8,10-12,18H2,1-2H3. The summed E-state index contributed by atoms with van der Waals surface area (Å²) in [5.41, 5.74) is 9.33. The van der Waals surface area contributed by atoms with Crippen molar-refractivity contribution in [2.75, 3.05) is 26.9 Å². The van der Waals surface area contributed by atoms with E-state index in [2.05, 4.69) is 25.1 Å². The van der Waals surface area contributed by atoms with Crippen molar-refractivity contribution in [1.29, 1.82) is 0 Å². The third-order valence-corrected chi connectivity index (χ3v) is 5.30. The molecule has 1 aromatic carbocycles. The quantitative estimate of drug-likeness (QED) is 0.922. The summed E-state index contributed by atoms with van der Waals surface area (Å²) in [6, 6.07) is 6.45. The van der Waals surface area contributed by atoms with Gasteiger partial charge >= 0.3 is 0 Å². The van der Waals surface area contributed by atoms with E-state index in [-0.39, 0.29) is 5.41 Å². The minimum absolute atomic E-state index is 0.106. The van der Waals surface area contributed by atoms with Gasteiger partial charge in [-0.15, -0.1) is 0 Å². The first-order valence-electron chi connectivity index (χ1n) is 7.56. The summed E-state index contributed by atoms with van der Waals surface area (Å²) in [5.74, 6) is 0.989. The number of benzene rings is 1. The van der Waals surface area contributed by atoms with Crippen molar-refractivity contribution in [3.8, 4) is 5.75 Å². The first-order valence-corrected chi connectivity index (χ1v) is 7.56. The Bertz CT molecular complexity index is 484. The molecule has 3 nitrogen and oxygen atoms in total. The molecular weight excluding hydrogens is 250 g/mol. The lowest BCUT2D eigenvalue weighted by Gasteiger charge is -2.58. The normalized spacial score (nSPS) is 23.4. The highest BCUT2D eigenvalue weighted by molar-refractivity contribution is 5.45. The van der Waals surface area contributed by atoms with Crippen molar-refractivity contribution < 1.29 is 9.47 Å². The molecule has 1 aromatic rings. The topological polar surface area (TPSA) is 44.5 Å². The van der Waals surface area contributed by atoms with E-state index in [0.717, 1.165) is 19.0 Å². The summed E-state index contributed by atoms with van der Waals surface area (Å²) >= 11 is 0. The molecule has 1 aliphatic heterocycles. The zero-order valence-electron chi connectivity index (χ0n) is 12.6. The summed E-state index contributed by atoms with van der Waals surface area (Å²) < 4.78 is 11.1. The molecule has 1 saturated carbocycles. The molecule has 0 atom stereocenters. The molecule has 1 heterocycles. The van der Waals surface area contributed by atoms with Crippen LogP contribution < -0.4 is 10.5 Å². The molecule has 0 amide bonds. The molecule has 110 valence electrons. The average Bonchev–Trinajstić information content (AvgIpc) is 2.45. The maximum Gasteiger partial charge on any atom is 0.122 e. The van der Waals surface area contributed by atoms with Gasteiger partial charge in [-0.25, -0.2) is 0 Å². The number of methoxy groups -OCH3 is 1. The van der Waals surface area contributed by atoms with Crippen molar-refractivity contribution in [3.05, 3.63) is 29.3 Å². The summed E-state index contributed by atoms with van der Waals surface area (Å²) in [6.07, 6.45) is 4.73. The molecule has 2 aliphatic rings. The van der Waals surface area contributed by atoms with Gasteiger partial charge in [0.25, 0.3) is 0 Å². The van der Waals surface area contributed by atoms with Crippen LogP contribution in [0.3, 0.4) is 0 Å². The zero-order chi connectivity index (χ0) is 14.2. The molecule has 1 saturated heterocycles. The van der Waals surface area contributed by atoms with Crippen LogP contribution in [-0.2, 0) is 10.2 Å². The van der Waals surface area contributed by atoms with Crippen molar-refractivity contribution in [1.82, 2.24) is 0 Å². The van der Waals surface area contributed by atoms with Gasteiger partial charge in [0.15, 0.2) is 0 Å². The maximum absolute atomic E-state index is 6.18. The van der Waals surface area contributed by atoms with E-state index >= 15 is 0 Å². The molecule has 1 spiro atoms. The molecule has 0 aromatic heterocycles. The number of hydrogen-bond donors (Lipinski definition) is 1. The van der Waals surface area contributed by atoms with Crippen LogP contribution >= 0.6 is 0 Å². The average molecular weight is 275 g/mol. The monoisotopic (exact) mass is 275 g/mol. The highest BCUT2D eigenvalue weighted by atomic mass is 16.5. The van der Waals surface area contributed by atoms with E-state index in [4.69, 9.17) is 15.2 Å². The maximum atomic E-state index is 6.18. The molecule has 3 heteroatoms. The Hall–Kier alpha value is -1.06. The van der Waals surface area contributed by atoms with E-state index in [9.17, 15) is 0 Å². The SMILES string of the molecule is COc1ccc(C)cc1C1(CN)CC2(CCOCC2)C1. The molecule has 20 heavy (non-hydrogen) atoms. The third kappa shape index (κ3) is 2.13. The van der Waals surface area contributed by atoms with Gasteiger partial charge in [0.1, 0.15) is 5.75 Å². The number of hydrogen-bond acceptors (Lipinski definition) is 3. The molecule has 3 rings (SSSR count). The van der Waals surface area contributed by atoms with Crippen LogP contribution in [0, 0.1) is 12.3 Å². The first-order chi connectivity index (χ1) is 9.63. The van der Waals surface area contributed by atoms with Gasteiger partial charge in [-0.05, 0) is 44.1 Å². The Morgan fingerprint density at radius 1 is 1.25 bits per heavy atom. The summed E-state index contributed by atoms with van der Waals surface area (Å²) in [4.78, 5) is 0. The Morgan fingerprint density at radius 2 is 1.95 bits per heavy atom. The molecular formula is C17H25NO2. The van der Waals surface area contributed by atoms with E-state index in [0.29, 0.717) is 12.0 Å². The van der Waals surface area contributed by atoms with E-state index < -0.39 is 0 Å². The second kappa shape index (κ2) is 5.05. The largest absolute Gasteiger partial charge is 0.496 e. The van der Waals surface area contributed by atoms with Crippen molar-refractivity contribution >= 4 is 0 Å². The van der Waals surface area contributed by atoms with Crippen LogP contribution in [0.1, 0.15) is 36.8 Å². The van der Waals surface area contributed by atoms with Crippen LogP contribution in [-0.4, -0.2) is 26.9 Å². The van der Waals surface area contributed by atoms with Crippen LogP contribution in [0.2, 0.25) is 0 Å². The Morgan fingerprint density at radius 3 is 2.55 bits per heavy atom. The minimum atomic E-state index is 0.106. The number of aryl methyl sites for hydroxylation is 1. The number of ether oxygens (including phenoxy) is 2. The van der Waals surface area contributed by atoms with Gasteiger partial charge in [-0.2, -0.15) is 0 Å². The lowest BCUT2D eigenvalue weighted by Crippen LogP contribution is -2.55. The van der Waals surface area contributed by atoms with Gasteiger partial charge in [0, 0.05) is 30.7 Å². The van der Waals surface area contributed by atoms with Crippen molar-refractivity contribution in [2.45, 2.75) is 38.0 Å². The molecule has 0 bridgehead atoms. The van der Waals surface area contributed by atoms with Gasteiger partial charge in [-0.1, -0.05) is 17.7 Å². The molecule has 1 aliphatic carbocycles. The van der Waals surface area contributed by atoms with E-state index in [1.165, 1.54) is 36.8 Å². The van der Waals surface area contributed by atoms with Gasteiger partial charge in [0.2, 0.25) is 0 Å². The molecule has 0 radical (unpaired) electrons. The predicted molar refractivity (Wildman–Crippen MR) is 80.2 cm³/mol.